The number of carboxylic acid groups (broad SMARTS) is 1. The third-order valence-electron chi connectivity index (χ3n) is 2.60. The number of carbonyl (C=O) groups is 2. The van der Waals surface area contributed by atoms with Crippen molar-refractivity contribution < 1.29 is 19.4 Å². The molecule has 1 N–H and O–H groups in total. The van der Waals surface area contributed by atoms with Crippen molar-refractivity contribution >= 4 is 23.3 Å². The van der Waals surface area contributed by atoms with Crippen LogP contribution in [0.1, 0.15) is 12.8 Å². The van der Waals surface area contributed by atoms with Crippen molar-refractivity contribution in [3.8, 4) is 5.75 Å². The van der Waals surface area contributed by atoms with Crippen LogP contribution in [0, 0.1) is 0 Å². The van der Waals surface area contributed by atoms with Crippen molar-refractivity contribution in [1.82, 2.24) is 0 Å². The van der Waals surface area contributed by atoms with E-state index in [1.54, 1.807) is 31.4 Å². The minimum Gasteiger partial charge on any atom is -0.497 e. The Bertz CT molecular complexity index is 507. The fourth-order valence-electron chi connectivity index (χ4n) is 1.63. The lowest BCUT2D eigenvalue weighted by atomic mass is 10.1. The van der Waals surface area contributed by atoms with E-state index in [-0.39, 0.29) is 24.5 Å². The van der Waals surface area contributed by atoms with Gasteiger partial charge in [-0.05, 0) is 24.3 Å². The second kappa shape index (κ2) is 4.87. The predicted octanol–water partition coefficient (Wildman–Crippen LogP) is 1.26. The average molecular weight is 248 g/mol. The van der Waals surface area contributed by atoms with Gasteiger partial charge in [0.2, 0.25) is 5.91 Å². The maximum absolute atomic E-state index is 11.7. The van der Waals surface area contributed by atoms with Crippen LogP contribution in [-0.2, 0) is 9.59 Å². The number of carbonyl (C=O) groups excluding carboxylic acids is 1. The SMILES string of the molecule is COc1ccc(N2N=C(C(=O)O)CCC2=O)cc1. The number of rotatable bonds is 3. The lowest BCUT2D eigenvalue weighted by Crippen LogP contribution is -2.34. The van der Waals surface area contributed by atoms with E-state index in [1.165, 1.54) is 0 Å². The first-order valence-corrected chi connectivity index (χ1v) is 5.39. The molecule has 0 saturated heterocycles. The molecule has 0 aromatic heterocycles. The molecule has 1 aliphatic heterocycles. The number of ether oxygens (including phenoxy) is 1. The van der Waals surface area contributed by atoms with E-state index in [2.05, 4.69) is 5.10 Å². The van der Waals surface area contributed by atoms with Gasteiger partial charge in [0.25, 0.3) is 0 Å². The van der Waals surface area contributed by atoms with Crippen LogP contribution in [0.2, 0.25) is 0 Å². The Balaban J connectivity index is 2.31. The number of hydrazone groups is 1. The number of aliphatic carboxylic acids is 1. The van der Waals surface area contributed by atoms with E-state index in [1.807, 2.05) is 0 Å². The van der Waals surface area contributed by atoms with Crippen LogP contribution in [0.5, 0.6) is 5.75 Å². The molecule has 0 spiro atoms. The lowest BCUT2D eigenvalue weighted by molar-refractivity contribution is -0.129. The number of hydrogen-bond donors (Lipinski definition) is 1. The molecule has 0 bridgehead atoms. The molecule has 1 amide bonds. The first kappa shape index (κ1) is 12.1. The Hall–Kier alpha value is -2.37. The highest BCUT2D eigenvalue weighted by Crippen LogP contribution is 2.23. The summed E-state index contributed by atoms with van der Waals surface area (Å²) in [6.07, 6.45) is 0.317. The molecule has 0 unspecified atom stereocenters. The van der Waals surface area contributed by atoms with Gasteiger partial charge in [0, 0.05) is 12.8 Å². The number of nitrogens with zero attached hydrogens (tertiary/aromatic N) is 2. The van der Waals surface area contributed by atoms with E-state index in [0.29, 0.717) is 11.4 Å². The van der Waals surface area contributed by atoms with Crippen molar-refractivity contribution in [2.75, 3.05) is 12.1 Å². The summed E-state index contributed by atoms with van der Waals surface area (Å²) in [5.74, 6) is -0.656. The molecule has 0 atom stereocenters. The van der Waals surface area contributed by atoms with Crippen LogP contribution in [0.3, 0.4) is 0 Å². The number of carboxylic acids is 1. The second-order valence-corrected chi connectivity index (χ2v) is 3.76. The topological polar surface area (TPSA) is 79.2 Å². The maximum atomic E-state index is 11.7. The minimum absolute atomic E-state index is 0.00887. The Morgan fingerprint density at radius 2 is 2.00 bits per heavy atom. The number of benzene rings is 1. The molecule has 0 fully saturated rings. The van der Waals surface area contributed by atoms with Crippen LogP contribution in [-0.4, -0.2) is 29.8 Å². The van der Waals surface area contributed by atoms with Crippen molar-refractivity contribution in [2.45, 2.75) is 12.8 Å². The third kappa shape index (κ3) is 2.32. The molecular formula is C12H12N2O4. The van der Waals surface area contributed by atoms with Crippen LogP contribution in [0.15, 0.2) is 29.4 Å². The standard InChI is InChI=1S/C12H12N2O4/c1-18-9-4-2-8(3-5-9)14-11(15)7-6-10(13-14)12(16)17/h2-5H,6-7H2,1H3,(H,16,17). The molecule has 18 heavy (non-hydrogen) atoms. The summed E-state index contributed by atoms with van der Waals surface area (Å²) in [5.41, 5.74) is 0.518. The molecule has 1 aromatic carbocycles. The van der Waals surface area contributed by atoms with E-state index < -0.39 is 5.97 Å². The largest absolute Gasteiger partial charge is 0.497 e. The Morgan fingerprint density at radius 1 is 1.33 bits per heavy atom. The predicted molar refractivity (Wildman–Crippen MR) is 64.8 cm³/mol. The van der Waals surface area contributed by atoms with E-state index in [4.69, 9.17) is 9.84 Å². The molecule has 0 radical (unpaired) electrons. The zero-order valence-corrected chi connectivity index (χ0v) is 9.79. The molecular weight excluding hydrogens is 236 g/mol. The fraction of sp³-hybridized carbons (Fsp3) is 0.250. The first-order valence-electron chi connectivity index (χ1n) is 5.39. The summed E-state index contributed by atoms with van der Waals surface area (Å²) in [6, 6.07) is 6.69. The van der Waals surface area contributed by atoms with Crippen molar-refractivity contribution in [2.24, 2.45) is 5.10 Å². The smallest absolute Gasteiger partial charge is 0.352 e. The van der Waals surface area contributed by atoms with Gasteiger partial charge in [0.05, 0.1) is 12.8 Å². The first-order chi connectivity index (χ1) is 8.61. The highest BCUT2D eigenvalue weighted by molar-refractivity contribution is 6.37. The Kier molecular flexibility index (Phi) is 3.27. The van der Waals surface area contributed by atoms with Gasteiger partial charge in [-0.25, -0.2) is 9.80 Å². The van der Waals surface area contributed by atoms with E-state index >= 15 is 0 Å². The summed E-state index contributed by atoms with van der Waals surface area (Å²) in [5, 5.41) is 13.8. The molecule has 6 nitrogen and oxygen atoms in total. The Morgan fingerprint density at radius 3 is 2.56 bits per heavy atom. The van der Waals surface area contributed by atoms with Gasteiger partial charge in [-0.3, -0.25) is 4.79 Å². The van der Waals surface area contributed by atoms with Crippen LogP contribution < -0.4 is 9.75 Å². The summed E-state index contributed by atoms with van der Waals surface area (Å²) < 4.78 is 5.01. The summed E-state index contributed by atoms with van der Waals surface area (Å²) in [4.78, 5) is 22.6. The van der Waals surface area contributed by atoms with Gasteiger partial charge in [-0.1, -0.05) is 0 Å². The quantitative estimate of drug-likeness (QED) is 0.873. The number of anilines is 1. The third-order valence-corrected chi connectivity index (χ3v) is 2.60. The minimum atomic E-state index is -1.10. The molecule has 0 saturated carbocycles. The highest BCUT2D eigenvalue weighted by atomic mass is 16.5. The van der Waals surface area contributed by atoms with E-state index in [9.17, 15) is 9.59 Å². The number of amides is 1. The normalized spacial score (nSPS) is 15.3. The van der Waals surface area contributed by atoms with Gasteiger partial charge >= 0.3 is 5.97 Å². The van der Waals surface area contributed by atoms with E-state index in [0.717, 1.165) is 5.01 Å². The fourth-order valence-corrected chi connectivity index (χ4v) is 1.63. The van der Waals surface area contributed by atoms with Crippen LogP contribution in [0.25, 0.3) is 0 Å². The second-order valence-electron chi connectivity index (χ2n) is 3.76. The summed E-state index contributed by atoms with van der Waals surface area (Å²) in [7, 11) is 1.54. The van der Waals surface area contributed by atoms with Gasteiger partial charge in [-0.15, -0.1) is 0 Å². The molecule has 1 aliphatic rings. The lowest BCUT2D eigenvalue weighted by Gasteiger charge is -2.22. The monoisotopic (exact) mass is 248 g/mol. The molecule has 6 heteroatoms. The van der Waals surface area contributed by atoms with Crippen LogP contribution >= 0.6 is 0 Å². The Labute approximate surface area is 103 Å². The summed E-state index contributed by atoms with van der Waals surface area (Å²) in [6.45, 7) is 0. The molecule has 1 aromatic rings. The zero-order chi connectivity index (χ0) is 13.1. The molecule has 94 valence electrons. The molecule has 2 rings (SSSR count). The summed E-state index contributed by atoms with van der Waals surface area (Å²) >= 11 is 0. The van der Waals surface area contributed by atoms with Gasteiger partial charge in [0.1, 0.15) is 11.5 Å². The average Bonchev–Trinajstić information content (AvgIpc) is 2.39. The van der Waals surface area contributed by atoms with Crippen molar-refractivity contribution in [3.05, 3.63) is 24.3 Å². The zero-order valence-electron chi connectivity index (χ0n) is 9.79. The highest BCUT2D eigenvalue weighted by Gasteiger charge is 2.25. The molecule has 0 aliphatic carbocycles. The van der Waals surface area contributed by atoms with Crippen molar-refractivity contribution in [1.29, 1.82) is 0 Å². The molecule has 1 heterocycles. The van der Waals surface area contributed by atoms with Crippen molar-refractivity contribution in [3.63, 3.8) is 0 Å². The van der Waals surface area contributed by atoms with Gasteiger partial charge < -0.3 is 9.84 Å². The van der Waals surface area contributed by atoms with Gasteiger partial charge in [-0.2, -0.15) is 5.10 Å². The van der Waals surface area contributed by atoms with Gasteiger partial charge in [0.15, 0.2) is 0 Å². The number of hydrogen-bond acceptors (Lipinski definition) is 4. The van der Waals surface area contributed by atoms with Crippen LogP contribution in [0.4, 0.5) is 5.69 Å². The maximum Gasteiger partial charge on any atom is 0.352 e. The number of methoxy groups -OCH3 is 1.